The highest BCUT2D eigenvalue weighted by Crippen LogP contribution is 2.40. The lowest BCUT2D eigenvalue weighted by Crippen LogP contribution is -2.53. The summed E-state index contributed by atoms with van der Waals surface area (Å²) >= 11 is 0. The predicted octanol–water partition coefficient (Wildman–Crippen LogP) is 3.05. The van der Waals surface area contributed by atoms with E-state index in [1.54, 1.807) is 0 Å². The standard InChI is InChI=1S/C22H29N5O/c1-25-10-12-27(13-11-25)22(28)26-8-6-17(7-9-26)20-5-4-18-14-19(16-2-3-16)15-23-21(18)24-20/h4-5,14-17H,2-3,6-13H2,1H3. The van der Waals surface area contributed by atoms with Crippen LogP contribution in [0.15, 0.2) is 24.4 Å². The first-order valence-electron chi connectivity index (χ1n) is 10.7. The number of carbonyl (C=O) groups is 1. The van der Waals surface area contributed by atoms with Crippen molar-refractivity contribution in [2.75, 3.05) is 46.3 Å². The third-order valence-electron chi connectivity index (χ3n) is 6.59. The Bertz CT molecular complexity index is 864. The smallest absolute Gasteiger partial charge is 0.320 e. The fourth-order valence-electron chi connectivity index (χ4n) is 4.47. The summed E-state index contributed by atoms with van der Waals surface area (Å²) in [7, 11) is 2.12. The topological polar surface area (TPSA) is 52.6 Å². The molecular formula is C22H29N5O. The van der Waals surface area contributed by atoms with Gasteiger partial charge in [-0.1, -0.05) is 0 Å². The second kappa shape index (κ2) is 7.32. The zero-order chi connectivity index (χ0) is 19.1. The van der Waals surface area contributed by atoms with Gasteiger partial charge in [-0.2, -0.15) is 0 Å². The Morgan fingerprint density at radius 1 is 0.929 bits per heavy atom. The van der Waals surface area contributed by atoms with E-state index < -0.39 is 0 Å². The van der Waals surface area contributed by atoms with Crippen LogP contribution in [0.3, 0.4) is 0 Å². The number of amides is 2. The Kier molecular flexibility index (Phi) is 4.67. The number of pyridine rings is 2. The Labute approximate surface area is 166 Å². The summed E-state index contributed by atoms with van der Waals surface area (Å²) in [6.45, 7) is 5.27. The van der Waals surface area contributed by atoms with Crippen LogP contribution in [-0.2, 0) is 0 Å². The van der Waals surface area contributed by atoms with Crippen molar-refractivity contribution in [2.24, 2.45) is 0 Å². The minimum Gasteiger partial charge on any atom is -0.325 e. The van der Waals surface area contributed by atoms with Crippen molar-refractivity contribution in [1.82, 2.24) is 24.7 Å². The van der Waals surface area contributed by atoms with Crippen molar-refractivity contribution in [1.29, 1.82) is 0 Å². The Balaban J connectivity index is 1.22. The molecule has 0 atom stereocenters. The third-order valence-corrected chi connectivity index (χ3v) is 6.59. The molecule has 2 aliphatic heterocycles. The fraction of sp³-hybridized carbons (Fsp3) is 0.591. The van der Waals surface area contributed by atoms with Gasteiger partial charge in [0.2, 0.25) is 0 Å². The number of carbonyl (C=O) groups excluding carboxylic acids is 1. The molecule has 1 saturated carbocycles. The van der Waals surface area contributed by atoms with Crippen LogP contribution in [0.25, 0.3) is 11.0 Å². The van der Waals surface area contributed by atoms with Gasteiger partial charge in [0, 0.05) is 62.5 Å². The zero-order valence-corrected chi connectivity index (χ0v) is 16.7. The Morgan fingerprint density at radius 2 is 1.64 bits per heavy atom. The summed E-state index contributed by atoms with van der Waals surface area (Å²) in [5.41, 5.74) is 3.35. The maximum Gasteiger partial charge on any atom is 0.320 e. The SMILES string of the molecule is CN1CCN(C(=O)N2CCC(c3ccc4cc(C5CC5)cnc4n3)CC2)CC1. The molecule has 2 aromatic heterocycles. The quantitative estimate of drug-likeness (QED) is 0.805. The van der Waals surface area contributed by atoms with Gasteiger partial charge in [-0.3, -0.25) is 0 Å². The number of fused-ring (bicyclic) bond motifs is 1. The van der Waals surface area contributed by atoms with E-state index in [1.165, 1.54) is 18.4 Å². The van der Waals surface area contributed by atoms with Crippen LogP contribution in [0.1, 0.15) is 48.8 Å². The summed E-state index contributed by atoms with van der Waals surface area (Å²) in [6.07, 6.45) is 6.57. The van der Waals surface area contributed by atoms with Crippen LogP contribution in [-0.4, -0.2) is 77.0 Å². The summed E-state index contributed by atoms with van der Waals surface area (Å²) in [5.74, 6) is 1.14. The molecule has 2 saturated heterocycles. The number of piperidine rings is 1. The zero-order valence-electron chi connectivity index (χ0n) is 16.7. The van der Waals surface area contributed by atoms with Crippen LogP contribution in [0.4, 0.5) is 4.79 Å². The van der Waals surface area contributed by atoms with Crippen LogP contribution in [0.5, 0.6) is 0 Å². The van der Waals surface area contributed by atoms with E-state index in [9.17, 15) is 4.79 Å². The molecule has 0 aromatic carbocycles. The second-order valence-corrected chi connectivity index (χ2v) is 8.66. The van der Waals surface area contributed by atoms with Gasteiger partial charge in [0.25, 0.3) is 0 Å². The van der Waals surface area contributed by atoms with Crippen LogP contribution < -0.4 is 0 Å². The number of nitrogens with zero attached hydrogens (tertiary/aromatic N) is 5. The number of piperazine rings is 1. The molecule has 2 aromatic rings. The number of rotatable bonds is 2. The normalized spacial score (nSPS) is 22.0. The number of urea groups is 1. The van der Waals surface area contributed by atoms with Gasteiger partial charge in [0.15, 0.2) is 5.65 Å². The van der Waals surface area contributed by atoms with Crippen molar-refractivity contribution in [3.63, 3.8) is 0 Å². The van der Waals surface area contributed by atoms with Gasteiger partial charge in [-0.25, -0.2) is 14.8 Å². The first kappa shape index (κ1) is 17.9. The molecule has 1 aliphatic carbocycles. The number of hydrogen-bond donors (Lipinski definition) is 0. The molecule has 3 aliphatic rings. The molecule has 5 rings (SSSR count). The number of hydrogen-bond acceptors (Lipinski definition) is 4. The highest BCUT2D eigenvalue weighted by atomic mass is 16.2. The van der Waals surface area contributed by atoms with E-state index in [4.69, 9.17) is 4.98 Å². The Morgan fingerprint density at radius 3 is 2.36 bits per heavy atom. The van der Waals surface area contributed by atoms with E-state index in [-0.39, 0.29) is 6.03 Å². The average molecular weight is 380 g/mol. The summed E-state index contributed by atoms with van der Waals surface area (Å²) in [6, 6.07) is 6.82. The maximum atomic E-state index is 12.8. The second-order valence-electron chi connectivity index (χ2n) is 8.66. The van der Waals surface area contributed by atoms with Gasteiger partial charge >= 0.3 is 6.03 Å². The lowest BCUT2D eigenvalue weighted by atomic mass is 9.93. The summed E-state index contributed by atoms with van der Waals surface area (Å²) < 4.78 is 0. The molecule has 148 valence electrons. The summed E-state index contributed by atoms with van der Waals surface area (Å²) in [5, 5.41) is 1.15. The van der Waals surface area contributed by atoms with E-state index in [1.807, 2.05) is 16.0 Å². The number of aromatic nitrogens is 2. The maximum absolute atomic E-state index is 12.8. The monoisotopic (exact) mass is 379 g/mol. The molecule has 0 radical (unpaired) electrons. The van der Waals surface area contributed by atoms with Crippen molar-refractivity contribution in [3.8, 4) is 0 Å². The minimum absolute atomic E-state index is 0.215. The van der Waals surface area contributed by atoms with E-state index in [0.29, 0.717) is 5.92 Å². The first-order valence-corrected chi connectivity index (χ1v) is 10.7. The van der Waals surface area contributed by atoms with Crippen molar-refractivity contribution >= 4 is 17.1 Å². The number of likely N-dealkylation sites (tertiary alicyclic amines) is 1. The van der Waals surface area contributed by atoms with Gasteiger partial charge in [0.1, 0.15) is 0 Å². The predicted molar refractivity (Wildman–Crippen MR) is 110 cm³/mol. The molecule has 6 nitrogen and oxygen atoms in total. The molecule has 0 spiro atoms. The molecular weight excluding hydrogens is 350 g/mol. The lowest BCUT2D eigenvalue weighted by Gasteiger charge is -2.38. The van der Waals surface area contributed by atoms with Gasteiger partial charge in [-0.05, 0) is 62.4 Å². The molecule has 3 fully saturated rings. The van der Waals surface area contributed by atoms with Crippen molar-refractivity contribution in [2.45, 2.75) is 37.5 Å². The molecule has 0 bridgehead atoms. The third kappa shape index (κ3) is 3.58. The highest BCUT2D eigenvalue weighted by Gasteiger charge is 2.29. The molecule has 2 amide bonds. The average Bonchev–Trinajstić information content (AvgIpc) is 3.59. The Hall–Kier alpha value is -2.21. The van der Waals surface area contributed by atoms with Crippen LogP contribution >= 0.6 is 0 Å². The van der Waals surface area contributed by atoms with E-state index in [2.05, 4.69) is 35.1 Å². The molecule has 4 heterocycles. The number of likely N-dealkylation sites (N-methyl/N-ethyl adjacent to an activating group) is 1. The largest absolute Gasteiger partial charge is 0.325 e. The molecule has 0 unspecified atom stereocenters. The van der Waals surface area contributed by atoms with Gasteiger partial charge < -0.3 is 14.7 Å². The van der Waals surface area contributed by atoms with Crippen molar-refractivity contribution in [3.05, 3.63) is 35.7 Å². The summed E-state index contributed by atoms with van der Waals surface area (Å²) in [4.78, 5) is 28.6. The van der Waals surface area contributed by atoms with Gasteiger partial charge in [0.05, 0.1) is 0 Å². The molecule has 6 heteroatoms. The van der Waals surface area contributed by atoms with E-state index in [0.717, 1.165) is 74.8 Å². The molecule has 0 N–H and O–H groups in total. The lowest BCUT2D eigenvalue weighted by molar-refractivity contribution is 0.113. The highest BCUT2D eigenvalue weighted by molar-refractivity contribution is 5.76. The molecule has 28 heavy (non-hydrogen) atoms. The van der Waals surface area contributed by atoms with E-state index >= 15 is 0 Å². The van der Waals surface area contributed by atoms with Crippen LogP contribution in [0.2, 0.25) is 0 Å². The van der Waals surface area contributed by atoms with Gasteiger partial charge in [-0.15, -0.1) is 0 Å². The minimum atomic E-state index is 0.215. The first-order chi connectivity index (χ1) is 13.7. The fourth-order valence-corrected chi connectivity index (χ4v) is 4.47. The van der Waals surface area contributed by atoms with Crippen molar-refractivity contribution < 1.29 is 4.79 Å². The van der Waals surface area contributed by atoms with Crippen LogP contribution in [0, 0.1) is 0 Å².